The molecule has 0 unspecified atom stereocenters. The van der Waals surface area contributed by atoms with Gasteiger partial charge in [0.15, 0.2) is 0 Å². The van der Waals surface area contributed by atoms with Gasteiger partial charge >= 0.3 is 23.1 Å². The van der Waals surface area contributed by atoms with E-state index in [0.717, 1.165) is 51.4 Å². The van der Waals surface area contributed by atoms with Gasteiger partial charge in [0, 0.05) is 0 Å². The van der Waals surface area contributed by atoms with Gasteiger partial charge < -0.3 is 14.3 Å². The van der Waals surface area contributed by atoms with Crippen molar-refractivity contribution in [3.05, 3.63) is 0 Å². The van der Waals surface area contributed by atoms with Crippen LogP contribution in [0, 0.1) is 17.3 Å². The number of rotatable bonds is 4. The van der Waals surface area contributed by atoms with E-state index in [1.165, 1.54) is 12.8 Å². The largest absolute Gasteiger partial charge is 2.00 e. The summed E-state index contributed by atoms with van der Waals surface area (Å²) < 4.78 is 0. The van der Waals surface area contributed by atoms with Gasteiger partial charge in [0.2, 0.25) is 11.8 Å². The van der Waals surface area contributed by atoms with Crippen LogP contribution in [0.3, 0.4) is 0 Å². The third-order valence-electron chi connectivity index (χ3n) is 5.31. The molecule has 0 saturated heterocycles. The van der Waals surface area contributed by atoms with Crippen LogP contribution >= 0.6 is 0 Å². The predicted molar refractivity (Wildman–Crippen MR) is 81.9 cm³/mol. The predicted octanol–water partition coefficient (Wildman–Crippen LogP) is 1.95. The standard InChI is InChI=1S/C15H26N2O2.Mg.2H/c16-13(18)15(14(17)19,11-7-3-1-4-8-11)12-9-5-2-6-10-12;;;/h11-12H,1-10H2,(H2,16,18)(H2,17,19);;;/q;+2;2*-1. The van der Waals surface area contributed by atoms with E-state index >= 15 is 0 Å². The van der Waals surface area contributed by atoms with Crippen molar-refractivity contribution in [3.8, 4) is 0 Å². The SMILES string of the molecule is NC(=O)C(C(N)=O)(C1CCCCC1)C1CCCCC1.[H-].[H-].[Mg+2]. The molecule has 5 heteroatoms. The van der Waals surface area contributed by atoms with Crippen molar-refractivity contribution in [2.75, 3.05) is 0 Å². The van der Waals surface area contributed by atoms with Crippen molar-refractivity contribution in [2.45, 2.75) is 64.2 Å². The summed E-state index contributed by atoms with van der Waals surface area (Å²) in [4.78, 5) is 24.4. The molecule has 0 radical (unpaired) electrons. The van der Waals surface area contributed by atoms with E-state index in [-0.39, 0.29) is 37.7 Å². The number of carbonyl (C=O) groups is 2. The monoisotopic (exact) mass is 292 g/mol. The van der Waals surface area contributed by atoms with Crippen molar-refractivity contribution < 1.29 is 12.4 Å². The van der Waals surface area contributed by atoms with E-state index in [1.54, 1.807) is 0 Å². The topological polar surface area (TPSA) is 86.2 Å². The minimum atomic E-state index is -1.08. The zero-order valence-corrected chi connectivity index (χ0v) is 13.8. The van der Waals surface area contributed by atoms with Crippen molar-refractivity contribution in [1.29, 1.82) is 0 Å². The number of hydrogen-bond donors (Lipinski definition) is 2. The van der Waals surface area contributed by atoms with Crippen LogP contribution in [0.25, 0.3) is 0 Å². The van der Waals surface area contributed by atoms with Gasteiger partial charge in [-0.25, -0.2) is 0 Å². The molecule has 2 saturated carbocycles. The van der Waals surface area contributed by atoms with Crippen LogP contribution in [-0.2, 0) is 9.59 Å². The van der Waals surface area contributed by atoms with Gasteiger partial charge in [-0.1, -0.05) is 38.5 Å². The van der Waals surface area contributed by atoms with Crippen molar-refractivity contribution >= 4 is 34.9 Å². The molecule has 4 nitrogen and oxygen atoms in total. The molecule has 0 atom stereocenters. The molecule has 0 aliphatic heterocycles. The molecular weight excluding hydrogens is 264 g/mol. The van der Waals surface area contributed by atoms with Crippen LogP contribution in [0.2, 0.25) is 0 Å². The van der Waals surface area contributed by atoms with Gasteiger partial charge in [0.1, 0.15) is 5.41 Å². The summed E-state index contributed by atoms with van der Waals surface area (Å²) in [5.41, 5.74) is 10.3. The fraction of sp³-hybridized carbons (Fsp3) is 0.867. The molecule has 0 heterocycles. The molecule has 2 amide bonds. The Morgan fingerprint density at radius 3 is 1.30 bits per heavy atom. The van der Waals surface area contributed by atoms with E-state index in [2.05, 4.69) is 0 Å². The fourth-order valence-electron chi connectivity index (χ4n) is 4.38. The maximum atomic E-state index is 12.2. The maximum Gasteiger partial charge on any atom is 2.00 e. The Hall–Kier alpha value is -0.294. The fourth-order valence-corrected chi connectivity index (χ4v) is 4.38. The average Bonchev–Trinajstić information content (AvgIpc) is 2.41. The minimum absolute atomic E-state index is 0. The second-order valence-corrected chi connectivity index (χ2v) is 6.27. The molecule has 0 spiro atoms. The smallest absolute Gasteiger partial charge is 1.00 e. The van der Waals surface area contributed by atoms with Gasteiger partial charge in [-0.05, 0) is 37.5 Å². The van der Waals surface area contributed by atoms with Crippen LogP contribution in [0.4, 0.5) is 0 Å². The molecule has 2 fully saturated rings. The van der Waals surface area contributed by atoms with E-state index in [1.807, 2.05) is 0 Å². The Morgan fingerprint density at radius 2 is 1.05 bits per heavy atom. The average molecular weight is 293 g/mol. The zero-order chi connectivity index (χ0) is 13.9. The van der Waals surface area contributed by atoms with Crippen LogP contribution in [-0.4, -0.2) is 34.9 Å². The third kappa shape index (κ3) is 3.13. The normalized spacial score (nSPS) is 22.0. The zero-order valence-electron chi connectivity index (χ0n) is 14.4. The first-order chi connectivity index (χ1) is 9.10. The first kappa shape index (κ1) is 17.8. The number of carbonyl (C=O) groups excluding carboxylic acids is 2. The third-order valence-corrected chi connectivity index (χ3v) is 5.31. The van der Waals surface area contributed by atoms with Crippen molar-refractivity contribution in [1.82, 2.24) is 0 Å². The van der Waals surface area contributed by atoms with Crippen LogP contribution in [0.15, 0.2) is 0 Å². The number of amides is 2. The molecular formula is C15H28MgN2O2. The van der Waals surface area contributed by atoms with Gasteiger partial charge in [-0.2, -0.15) is 0 Å². The minimum Gasteiger partial charge on any atom is -1.00 e. The summed E-state index contributed by atoms with van der Waals surface area (Å²) >= 11 is 0. The quantitative estimate of drug-likeness (QED) is 0.613. The first-order valence-corrected chi connectivity index (χ1v) is 7.70. The van der Waals surface area contributed by atoms with Crippen LogP contribution in [0.1, 0.15) is 67.1 Å². The molecule has 0 aromatic carbocycles. The van der Waals surface area contributed by atoms with E-state index in [9.17, 15) is 9.59 Å². The summed E-state index contributed by atoms with van der Waals surface area (Å²) in [5, 5.41) is 0. The van der Waals surface area contributed by atoms with Crippen molar-refractivity contribution in [2.24, 2.45) is 28.7 Å². The van der Waals surface area contributed by atoms with E-state index < -0.39 is 17.2 Å². The molecule has 0 aromatic rings. The van der Waals surface area contributed by atoms with Gasteiger partial charge in [0.05, 0.1) is 0 Å². The summed E-state index contributed by atoms with van der Waals surface area (Å²) in [7, 11) is 0. The summed E-state index contributed by atoms with van der Waals surface area (Å²) in [6, 6.07) is 0. The maximum absolute atomic E-state index is 12.2. The Morgan fingerprint density at radius 1 is 0.750 bits per heavy atom. The van der Waals surface area contributed by atoms with E-state index in [0.29, 0.717) is 0 Å². The number of hydrogen-bond acceptors (Lipinski definition) is 2. The molecule has 2 aliphatic carbocycles. The van der Waals surface area contributed by atoms with Crippen LogP contribution < -0.4 is 11.5 Å². The summed E-state index contributed by atoms with van der Waals surface area (Å²) in [6.07, 6.45) is 10.4. The number of primary amides is 2. The molecule has 20 heavy (non-hydrogen) atoms. The van der Waals surface area contributed by atoms with E-state index in [4.69, 9.17) is 11.5 Å². The number of nitrogens with two attached hydrogens (primary N) is 2. The van der Waals surface area contributed by atoms with Crippen molar-refractivity contribution in [3.63, 3.8) is 0 Å². The Balaban J connectivity index is 0. The Kier molecular flexibility index (Phi) is 6.78. The molecule has 0 bridgehead atoms. The van der Waals surface area contributed by atoms with Crippen LogP contribution in [0.5, 0.6) is 0 Å². The second kappa shape index (κ2) is 7.64. The molecule has 0 aromatic heterocycles. The Labute approximate surface area is 140 Å². The summed E-state index contributed by atoms with van der Waals surface area (Å²) in [5.74, 6) is -0.809. The Bertz CT molecular complexity index is 323. The van der Waals surface area contributed by atoms with Gasteiger partial charge in [0.25, 0.3) is 0 Å². The summed E-state index contributed by atoms with van der Waals surface area (Å²) in [6.45, 7) is 0. The second-order valence-electron chi connectivity index (χ2n) is 6.27. The van der Waals surface area contributed by atoms with Gasteiger partial charge in [-0.3, -0.25) is 9.59 Å². The first-order valence-electron chi connectivity index (χ1n) is 7.70. The molecule has 2 aliphatic rings. The molecule has 4 N–H and O–H groups in total. The molecule has 2 rings (SSSR count). The van der Waals surface area contributed by atoms with Gasteiger partial charge in [-0.15, -0.1) is 0 Å². The molecule has 112 valence electrons.